The molecule has 20 heavy (non-hydrogen) atoms. The number of anilines is 2. The lowest BCUT2D eigenvalue weighted by Gasteiger charge is -2.20. The standard InChI is InChI=1S/C13H16N4O3/c1-13(2,19)6-17-9-4-10-8(15-11(18)5-20-10)3-7(9)16-12(17)14/h3-4,19H,5-6H2,1-2H3,(H2,14,16)(H,15,18). The Labute approximate surface area is 115 Å². The molecule has 1 aromatic heterocycles. The number of fused-ring (bicyclic) bond motifs is 2. The van der Waals surface area contributed by atoms with Crippen LogP contribution in [-0.4, -0.2) is 32.8 Å². The van der Waals surface area contributed by atoms with Crippen molar-refractivity contribution in [1.29, 1.82) is 0 Å². The summed E-state index contributed by atoms with van der Waals surface area (Å²) < 4.78 is 7.11. The van der Waals surface area contributed by atoms with Gasteiger partial charge in [0, 0.05) is 6.07 Å². The predicted octanol–water partition coefficient (Wildman–Crippen LogP) is 0.720. The fraction of sp³-hybridized carbons (Fsp3) is 0.385. The molecule has 7 heteroatoms. The molecule has 3 rings (SSSR count). The highest BCUT2D eigenvalue weighted by Gasteiger charge is 2.22. The van der Waals surface area contributed by atoms with Crippen molar-refractivity contribution in [2.45, 2.75) is 26.0 Å². The van der Waals surface area contributed by atoms with Gasteiger partial charge in [-0.15, -0.1) is 0 Å². The lowest BCUT2D eigenvalue weighted by molar-refractivity contribution is -0.118. The number of ether oxygens (including phenoxy) is 1. The summed E-state index contributed by atoms with van der Waals surface area (Å²) in [4.78, 5) is 15.6. The van der Waals surface area contributed by atoms with E-state index in [0.29, 0.717) is 29.4 Å². The Morgan fingerprint density at radius 3 is 3.00 bits per heavy atom. The van der Waals surface area contributed by atoms with Crippen LogP contribution >= 0.6 is 0 Å². The van der Waals surface area contributed by atoms with Gasteiger partial charge in [-0.3, -0.25) is 4.79 Å². The Morgan fingerprint density at radius 2 is 2.30 bits per heavy atom. The molecule has 0 atom stereocenters. The zero-order valence-corrected chi connectivity index (χ0v) is 11.3. The number of rotatable bonds is 2. The molecule has 1 aromatic carbocycles. The molecule has 1 aliphatic rings. The van der Waals surface area contributed by atoms with Crippen LogP contribution in [0.25, 0.3) is 11.0 Å². The predicted molar refractivity (Wildman–Crippen MR) is 74.6 cm³/mol. The topological polar surface area (TPSA) is 102 Å². The largest absolute Gasteiger partial charge is 0.482 e. The van der Waals surface area contributed by atoms with E-state index in [-0.39, 0.29) is 12.5 Å². The van der Waals surface area contributed by atoms with E-state index < -0.39 is 5.60 Å². The highest BCUT2D eigenvalue weighted by molar-refractivity contribution is 5.98. The molecule has 2 aromatic rings. The van der Waals surface area contributed by atoms with Crippen LogP contribution in [0.5, 0.6) is 5.75 Å². The van der Waals surface area contributed by atoms with E-state index in [1.165, 1.54) is 0 Å². The summed E-state index contributed by atoms with van der Waals surface area (Å²) in [5.41, 5.74) is 6.99. The molecule has 7 nitrogen and oxygen atoms in total. The highest BCUT2D eigenvalue weighted by atomic mass is 16.5. The van der Waals surface area contributed by atoms with E-state index in [1.54, 1.807) is 30.5 Å². The Bertz CT molecular complexity index is 700. The van der Waals surface area contributed by atoms with Gasteiger partial charge in [-0.2, -0.15) is 0 Å². The second-order valence-electron chi connectivity index (χ2n) is 5.54. The Morgan fingerprint density at radius 1 is 1.55 bits per heavy atom. The number of carbonyl (C=O) groups is 1. The summed E-state index contributed by atoms with van der Waals surface area (Å²) in [7, 11) is 0. The lowest BCUT2D eigenvalue weighted by Crippen LogP contribution is -2.27. The van der Waals surface area contributed by atoms with Crippen molar-refractivity contribution in [2.24, 2.45) is 0 Å². The molecular weight excluding hydrogens is 260 g/mol. The summed E-state index contributed by atoms with van der Waals surface area (Å²) in [5.74, 6) is 0.700. The number of benzene rings is 1. The zero-order valence-electron chi connectivity index (χ0n) is 11.3. The molecule has 0 aliphatic carbocycles. The van der Waals surface area contributed by atoms with Crippen molar-refractivity contribution >= 4 is 28.6 Å². The quantitative estimate of drug-likeness (QED) is 0.750. The minimum Gasteiger partial charge on any atom is -0.482 e. The molecule has 0 spiro atoms. The first-order valence-electron chi connectivity index (χ1n) is 6.28. The van der Waals surface area contributed by atoms with Crippen LogP contribution < -0.4 is 15.8 Å². The van der Waals surface area contributed by atoms with E-state index in [1.807, 2.05) is 0 Å². The van der Waals surface area contributed by atoms with Gasteiger partial charge < -0.3 is 25.5 Å². The number of carbonyl (C=O) groups excluding carboxylic acids is 1. The van der Waals surface area contributed by atoms with E-state index in [2.05, 4.69) is 10.3 Å². The summed E-state index contributed by atoms with van der Waals surface area (Å²) in [6, 6.07) is 3.50. The number of nitrogens with zero attached hydrogens (tertiary/aromatic N) is 2. The van der Waals surface area contributed by atoms with Gasteiger partial charge >= 0.3 is 0 Å². The van der Waals surface area contributed by atoms with E-state index >= 15 is 0 Å². The van der Waals surface area contributed by atoms with Gasteiger partial charge in [0.25, 0.3) is 5.91 Å². The maximum Gasteiger partial charge on any atom is 0.262 e. The SMILES string of the molecule is CC(C)(O)Cn1c(N)nc2cc3c(cc21)OCC(=O)N3. The summed E-state index contributed by atoms with van der Waals surface area (Å²) in [6.07, 6.45) is 0. The monoisotopic (exact) mass is 276 g/mol. The second kappa shape index (κ2) is 4.11. The smallest absolute Gasteiger partial charge is 0.262 e. The van der Waals surface area contributed by atoms with Crippen molar-refractivity contribution < 1.29 is 14.6 Å². The number of amides is 1. The lowest BCUT2D eigenvalue weighted by atomic mass is 10.1. The molecular formula is C13H16N4O3. The third-order valence-electron chi connectivity index (χ3n) is 3.06. The van der Waals surface area contributed by atoms with Gasteiger partial charge in [0.1, 0.15) is 5.75 Å². The highest BCUT2D eigenvalue weighted by Crippen LogP contribution is 2.33. The molecule has 0 saturated heterocycles. The van der Waals surface area contributed by atoms with Gasteiger partial charge in [-0.1, -0.05) is 0 Å². The van der Waals surface area contributed by atoms with Crippen LogP contribution in [0.1, 0.15) is 13.8 Å². The number of aromatic nitrogens is 2. The maximum absolute atomic E-state index is 11.3. The number of hydrogen-bond acceptors (Lipinski definition) is 5. The minimum absolute atomic E-state index is 0.00633. The van der Waals surface area contributed by atoms with Crippen molar-refractivity contribution in [1.82, 2.24) is 9.55 Å². The molecule has 0 saturated carbocycles. The van der Waals surface area contributed by atoms with E-state index in [9.17, 15) is 9.90 Å². The molecule has 0 bridgehead atoms. The molecule has 0 radical (unpaired) electrons. The molecule has 106 valence electrons. The van der Waals surface area contributed by atoms with Crippen LogP contribution in [0.15, 0.2) is 12.1 Å². The molecule has 2 heterocycles. The Hall–Kier alpha value is -2.28. The van der Waals surface area contributed by atoms with Crippen LogP contribution in [0.3, 0.4) is 0 Å². The minimum atomic E-state index is -0.910. The first-order chi connectivity index (χ1) is 9.33. The third kappa shape index (κ3) is 2.16. The Balaban J connectivity index is 2.14. The number of aliphatic hydroxyl groups is 1. The van der Waals surface area contributed by atoms with Gasteiger partial charge in [0.15, 0.2) is 6.61 Å². The van der Waals surface area contributed by atoms with Gasteiger partial charge in [0.05, 0.1) is 28.9 Å². The van der Waals surface area contributed by atoms with Crippen molar-refractivity contribution in [3.05, 3.63) is 12.1 Å². The summed E-state index contributed by atoms with van der Waals surface area (Å²) in [6.45, 7) is 3.72. The maximum atomic E-state index is 11.3. The number of nitrogens with two attached hydrogens (primary N) is 1. The molecule has 1 amide bonds. The average Bonchev–Trinajstić information content (AvgIpc) is 2.61. The number of hydrogen-bond donors (Lipinski definition) is 3. The number of nitrogens with one attached hydrogen (secondary N) is 1. The van der Waals surface area contributed by atoms with E-state index in [0.717, 1.165) is 5.52 Å². The molecule has 4 N–H and O–H groups in total. The van der Waals surface area contributed by atoms with Gasteiger partial charge in [0.2, 0.25) is 5.95 Å². The number of nitrogen functional groups attached to an aromatic ring is 1. The van der Waals surface area contributed by atoms with Crippen LogP contribution in [-0.2, 0) is 11.3 Å². The molecule has 0 fully saturated rings. The van der Waals surface area contributed by atoms with Gasteiger partial charge in [-0.05, 0) is 19.9 Å². The average molecular weight is 276 g/mol. The van der Waals surface area contributed by atoms with Crippen molar-refractivity contribution in [2.75, 3.05) is 17.7 Å². The first-order valence-corrected chi connectivity index (χ1v) is 6.28. The third-order valence-corrected chi connectivity index (χ3v) is 3.06. The van der Waals surface area contributed by atoms with Gasteiger partial charge in [-0.25, -0.2) is 4.98 Å². The molecule has 0 unspecified atom stereocenters. The zero-order chi connectivity index (χ0) is 14.5. The normalized spacial score (nSPS) is 14.8. The van der Waals surface area contributed by atoms with E-state index in [4.69, 9.17) is 10.5 Å². The second-order valence-corrected chi connectivity index (χ2v) is 5.54. The van der Waals surface area contributed by atoms with Crippen LogP contribution in [0.4, 0.5) is 11.6 Å². The fourth-order valence-electron chi connectivity index (χ4n) is 2.27. The van der Waals surface area contributed by atoms with Crippen molar-refractivity contribution in [3.8, 4) is 5.75 Å². The Kier molecular flexibility index (Phi) is 2.62. The molecule has 1 aliphatic heterocycles. The number of imidazole rings is 1. The van der Waals surface area contributed by atoms with Crippen LogP contribution in [0, 0.1) is 0 Å². The summed E-state index contributed by atoms with van der Waals surface area (Å²) >= 11 is 0. The van der Waals surface area contributed by atoms with Crippen molar-refractivity contribution in [3.63, 3.8) is 0 Å². The fourth-order valence-corrected chi connectivity index (χ4v) is 2.27. The summed E-state index contributed by atoms with van der Waals surface area (Å²) in [5, 5.41) is 12.7. The first kappa shape index (κ1) is 12.7. The van der Waals surface area contributed by atoms with Crippen LogP contribution in [0.2, 0.25) is 0 Å².